The zero-order valence-corrected chi connectivity index (χ0v) is 10.8. The van der Waals surface area contributed by atoms with E-state index in [-0.39, 0.29) is 11.9 Å². The molecule has 1 saturated carbocycles. The summed E-state index contributed by atoms with van der Waals surface area (Å²) in [6, 6.07) is 0.885. The largest absolute Gasteiger partial charge is 0.352 e. The van der Waals surface area contributed by atoms with E-state index in [2.05, 4.69) is 17.1 Å². The number of carbonyl (C=O) groups is 1. The second-order valence-corrected chi connectivity index (χ2v) is 5.45. The number of rotatable bonds is 5. The summed E-state index contributed by atoms with van der Waals surface area (Å²) in [4.78, 5) is 14.3. The van der Waals surface area contributed by atoms with E-state index in [1.165, 1.54) is 12.8 Å². The molecule has 0 spiro atoms. The average molecular weight is 239 g/mol. The van der Waals surface area contributed by atoms with Crippen LogP contribution in [-0.2, 0) is 4.79 Å². The van der Waals surface area contributed by atoms with Gasteiger partial charge < -0.3 is 16.0 Å². The summed E-state index contributed by atoms with van der Waals surface area (Å²) in [7, 11) is 0. The normalized spacial score (nSPS) is 24.6. The van der Waals surface area contributed by atoms with Crippen LogP contribution in [0.1, 0.15) is 45.4 Å². The summed E-state index contributed by atoms with van der Waals surface area (Å²) in [6.07, 6.45) is 6.67. The molecule has 98 valence electrons. The van der Waals surface area contributed by atoms with Gasteiger partial charge in [0.25, 0.3) is 0 Å². The van der Waals surface area contributed by atoms with Crippen molar-refractivity contribution in [2.24, 2.45) is 5.73 Å². The fourth-order valence-corrected chi connectivity index (χ4v) is 2.60. The van der Waals surface area contributed by atoms with Crippen LogP contribution in [0.3, 0.4) is 0 Å². The van der Waals surface area contributed by atoms with E-state index in [1.807, 2.05) is 0 Å². The van der Waals surface area contributed by atoms with Gasteiger partial charge in [-0.05, 0) is 32.1 Å². The summed E-state index contributed by atoms with van der Waals surface area (Å²) in [5, 5.41) is 3.09. The third-order valence-corrected chi connectivity index (χ3v) is 3.88. The number of hydrogen-bond acceptors (Lipinski definition) is 3. The summed E-state index contributed by atoms with van der Waals surface area (Å²) < 4.78 is 0. The molecule has 0 radical (unpaired) electrons. The van der Waals surface area contributed by atoms with Gasteiger partial charge in [-0.25, -0.2) is 0 Å². The van der Waals surface area contributed by atoms with E-state index in [0.717, 1.165) is 44.8 Å². The van der Waals surface area contributed by atoms with E-state index in [0.29, 0.717) is 6.04 Å². The number of nitrogens with zero attached hydrogens (tertiary/aromatic N) is 1. The van der Waals surface area contributed by atoms with Gasteiger partial charge in [0.2, 0.25) is 5.91 Å². The van der Waals surface area contributed by atoms with Crippen molar-refractivity contribution in [3.8, 4) is 0 Å². The Morgan fingerprint density at radius 3 is 2.53 bits per heavy atom. The predicted molar refractivity (Wildman–Crippen MR) is 68.6 cm³/mol. The quantitative estimate of drug-likeness (QED) is 0.748. The van der Waals surface area contributed by atoms with Crippen molar-refractivity contribution in [2.75, 3.05) is 13.1 Å². The molecule has 17 heavy (non-hydrogen) atoms. The van der Waals surface area contributed by atoms with E-state index >= 15 is 0 Å². The van der Waals surface area contributed by atoms with Crippen LogP contribution in [0.2, 0.25) is 0 Å². The molecule has 1 heterocycles. The van der Waals surface area contributed by atoms with Crippen LogP contribution in [0.15, 0.2) is 0 Å². The fourth-order valence-electron chi connectivity index (χ4n) is 2.60. The lowest BCUT2D eigenvalue weighted by Gasteiger charge is -2.32. The molecule has 0 aromatic rings. The Bertz CT molecular complexity index is 257. The molecule has 0 aromatic heterocycles. The molecule has 0 bridgehead atoms. The second-order valence-electron chi connectivity index (χ2n) is 5.45. The number of carbonyl (C=O) groups excluding carboxylic acids is 1. The maximum atomic E-state index is 11.8. The number of nitrogens with one attached hydrogen (secondary N) is 1. The van der Waals surface area contributed by atoms with Crippen molar-refractivity contribution in [3.05, 3.63) is 0 Å². The summed E-state index contributed by atoms with van der Waals surface area (Å²) in [6.45, 7) is 4.33. The number of nitrogens with two attached hydrogens (primary N) is 1. The fraction of sp³-hybridized carbons (Fsp3) is 0.923. The van der Waals surface area contributed by atoms with Crippen LogP contribution in [0.4, 0.5) is 0 Å². The molecule has 2 aliphatic rings. The molecule has 2 fully saturated rings. The molecule has 1 aliphatic carbocycles. The van der Waals surface area contributed by atoms with Crippen LogP contribution in [0, 0.1) is 0 Å². The lowest BCUT2D eigenvalue weighted by molar-refractivity contribution is -0.123. The van der Waals surface area contributed by atoms with E-state index in [4.69, 9.17) is 5.73 Å². The monoisotopic (exact) mass is 239 g/mol. The van der Waals surface area contributed by atoms with Crippen LogP contribution in [0.25, 0.3) is 0 Å². The molecule has 0 aromatic carbocycles. The Morgan fingerprint density at radius 1 is 1.35 bits per heavy atom. The summed E-state index contributed by atoms with van der Waals surface area (Å²) >= 11 is 0. The standard InChI is InChI=1S/C13H25N3O/c1-2-3-12(14)13(17)15-10-6-8-16(9-7-10)11-4-5-11/h10-12H,2-9,14H2,1H3,(H,15,17)/t12-/m1/s1. The SMILES string of the molecule is CCC[C@@H](N)C(=O)NC1CCN(C2CC2)CC1. The highest BCUT2D eigenvalue weighted by molar-refractivity contribution is 5.81. The predicted octanol–water partition coefficient (Wildman–Crippen LogP) is 0.857. The zero-order chi connectivity index (χ0) is 12.3. The van der Waals surface area contributed by atoms with E-state index < -0.39 is 0 Å². The van der Waals surface area contributed by atoms with Gasteiger partial charge in [-0.2, -0.15) is 0 Å². The van der Waals surface area contributed by atoms with Crippen LogP contribution >= 0.6 is 0 Å². The van der Waals surface area contributed by atoms with Gasteiger partial charge in [0.05, 0.1) is 6.04 Å². The maximum Gasteiger partial charge on any atom is 0.237 e. The van der Waals surface area contributed by atoms with Gasteiger partial charge in [-0.15, -0.1) is 0 Å². The Balaban J connectivity index is 1.68. The van der Waals surface area contributed by atoms with Crippen molar-refractivity contribution >= 4 is 5.91 Å². The van der Waals surface area contributed by atoms with Crippen molar-refractivity contribution < 1.29 is 4.79 Å². The molecule has 1 atom stereocenters. The molecule has 1 amide bonds. The molecule has 3 N–H and O–H groups in total. The first-order valence-corrected chi connectivity index (χ1v) is 7.00. The number of hydrogen-bond donors (Lipinski definition) is 2. The lowest BCUT2D eigenvalue weighted by Crippen LogP contribution is -2.49. The van der Waals surface area contributed by atoms with Gasteiger partial charge in [0, 0.05) is 25.2 Å². The topological polar surface area (TPSA) is 58.4 Å². The number of likely N-dealkylation sites (tertiary alicyclic amines) is 1. The van der Waals surface area contributed by atoms with Crippen molar-refractivity contribution in [1.82, 2.24) is 10.2 Å². The van der Waals surface area contributed by atoms with Gasteiger partial charge >= 0.3 is 0 Å². The zero-order valence-electron chi connectivity index (χ0n) is 10.8. The molecule has 2 rings (SSSR count). The minimum absolute atomic E-state index is 0.0386. The maximum absolute atomic E-state index is 11.8. The number of piperidine rings is 1. The van der Waals surface area contributed by atoms with Crippen LogP contribution in [-0.4, -0.2) is 42.0 Å². The first kappa shape index (κ1) is 12.8. The Kier molecular flexibility index (Phi) is 4.40. The lowest BCUT2D eigenvalue weighted by atomic mass is 10.0. The van der Waals surface area contributed by atoms with Crippen LogP contribution in [0.5, 0.6) is 0 Å². The third-order valence-electron chi connectivity index (χ3n) is 3.88. The highest BCUT2D eigenvalue weighted by atomic mass is 16.2. The first-order valence-electron chi connectivity index (χ1n) is 7.00. The van der Waals surface area contributed by atoms with E-state index in [1.54, 1.807) is 0 Å². The molecule has 1 saturated heterocycles. The highest BCUT2D eigenvalue weighted by Gasteiger charge is 2.32. The van der Waals surface area contributed by atoms with Gasteiger partial charge in [0.15, 0.2) is 0 Å². The molecule has 0 unspecified atom stereocenters. The van der Waals surface area contributed by atoms with Crippen LogP contribution < -0.4 is 11.1 Å². The Labute approximate surface area is 104 Å². The highest BCUT2D eigenvalue weighted by Crippen LogP contribution is 2.29. The molecule has 4 nitrogen and oxygen atoms in total. The minimum atomic E-state index is -0.318. The molecular weight excluding hydrogens is 214 g/mol. The Hall–Kier alpha value is -0.610. The second kappa shape index (κ2) is 5.83. The van der Waals surface area contributed by atoms with Gasteiger partial charge in [-0.3, -0.25) is 4.79 Å². The van der Waals surface area contributed by atoms with Crippen molar-refractivity contribution in [2.45, 2.75) is 63.6 Å². The van der Waals surface area contributed by atoms with Gasteiger partial charge in [0.1, 0.15) is 0 Å². The average Bonchev–Trinajstić information content (AvgIpc) is 3.14. The summed E-state index contributed by atoms with van der Waals surface area (Å²) in [5.41, 5.74) is 5.81. The molecule has 1 aliphatic heterocycles. The van der Waals surface area contributed by atoms with Crippen molar-refractivity contribution in [3.63, 3.8) is 0 Å². The van der Waals surface area contributed by atoms with E-state index in [9.17, 15) is 4.79 Å². The third kappa shape index (κ3) is 3.68. The molecule has 4 heteroatoms. The Morgan fingerprint density at radius 2 is 2.00 bits per heavy atom. The smallest absolute Gasteiger partial charge is 0.237 e. The molecular formula is C13H25N3O. The first-order chi connectivity index (χ1) is 8.20. The number of amides is 1. The minimum Gasteiger partial charge on any atom is -0.352 e. The van der Waals surface area contributed by atoms with Gasteiger partial charge in [-0.1, -0.05) is 13.3 Å². The van der Waals surface area contributed by atoms with Crippen molar-refractivity contribution in [1.29, 1.82) is 0 Å². The summed E-state index contributed by atoms with van der Waals surface area (Å²) in [5.74, 6) is 0.0386.